The number of benzene rings is 1. The average molecular weight is 291 g/mol. The van der Waals surface area contributed by atoms with Crippen molar-refractivity contribution >= 4 is 5.78 Å². The second-order valence-corrected chi connectivity index (χ2v) is 5.66. The van der Waals surface area contributed by atoms with Gasteiger partial charge in [0.05, 0.1) is 12.7 Å². The van der Waals surface area contributed by atoms with Gasteiger partial charge in [-0.25, -0.2) is 0 Å². The molecule has 1 aromatic carbocycles. The molecule has 2 unspecified atom stereocenters. The molecule has 0 aliphatic carbocycles. The highest BCUT2D eigenvalue weighted by molar-refractivity contribution is 5.94. The van der Waals surface area contributed by atoms with Crippen LogP contribution in [0.1, 0.15) is 43.1 Å². The van der Waals surface area contributed by atoms with Crippen LogP contribution in [0.4, 0.5) is 0 Å². The Morgan fingerprint density at radius 2 is 2.24 bits per heavy atom. The molecule has 2 rings (SSSR count). The molecule has 1 aliphatic heterocycles. The van der Waals surface area contributed by atoms with Crippen molar-refractivity contribution in [3.8, 4) is 5.75 Å². The van der Waals surface area contributed by atoms with Crippen LogP contribution in [-0.4, -0.2) is 43.1 Å². The minimum atomic E-state index is 0.0829. The van der Waals surface area contributed by atoms with E-state index in [-0.39, 0.29) is 11.9 Å². The summed E-state index contributed by atoms with van der Waals surface area (Å²) < 4.78 is 11.3. The number of Topliss-reactive ketones (excluding diaryl/α,β-unsaturated/α-hetero) is 1. The summed E-state index contributed by atoms with van der Waals surface area (Å²) in [6.07, 6.45) is 1.30. The highest BCUT2D eigenvalue weighted by atomic mass is 16.5. The van der Waals surface area contributed by atoms with Crippen molar-refractivity contribution in [3.05, 3.63) is 29.3 Å². The minimum absolute atomic E-state index is 0.0829. The van der Waals surface area contributed by atoms with Gasteiger partial charge in [-0.1, -0.05) is 0 Å². The number of hydrogen-bond acceptors (Lipinski definition) is 4. The van der Waals surface area contributed by atoms with Crippen molar-refractivity contribution in [1.82, 2.24) is 4.90 Å². The lowest BCUT2D eigenvalue weighted by molar-refractivity contribution is 0.0810. The predicted octanol–water partition coefficient (Wildman–Crippen LogP) is 2.90. The standard InChI is InChI=1S/C17H25NO3/c1-5-20-17-7-6-14(12(2)19)10-15(17)11-18(4)16-8-9-21-13(16)3/h6-7,10,13,16H,5,8-9,11H2,1-4H3. The first-order valence-corrected chi connectivity index (χ1v) is 7.61. The number of carbonyl (C=O) groups is 1. The molecule has 116 valence electrons. The Kier molecular flexibility index (Phi) is 5.37. The van der Waals surface area contributed by atoms with Crippen LogP contribution in [0.25, 0.3) is 0 Å². The van der Waals surface area contributed by atoms with Gasteiger partial charge in [0.1, 0.15) is 5.75 Å². The van der Waals surface area contributed by atoms with E-state index in [1.807, 2.05) is 25.1 Å². The summed E-state index contributed by atoms with van der Waals surface area (Å²) in [6.45, 7) is 7.88. The summed E-state index contributed by atoms with van der Waals surface area (Å²) in [5, 5.41) is 0. The number of ketones is 1. The summed E-state index contributed by atoms with van der Waals surface area (Å²) in [5.41, 5.74) is 1.80. The molecule has 4 nitrogen and oxygen atoms in total. The van der Waals surface area contributed by atoms with Gasteiger partial charge in [0.2, 0.25) is 0 Å². The van der Waals surface area contributed by atoms with E-state index in [0.29, 0.717) is 12.6 Å². The third kappa shape index (κ3) is 3.83. The molecule has 4 heteroatoms. The van der Waals surface area contributed by atoms with Crippen LogP contribution in [0.3, 0.4) is 0 Å². The molecule has 1 fully saturated rings. The van der Waals surface area contributed by atoms with Gasteiger partial charge < -0.3 is 9.47 Å². The maximum atomic E-state index is 11.6. The van der Waals surface area contributed by atoms with Crippen molar-refractivity contribution in [2.75, 3.05) is 20.3 Å². The quantitative estimate of drug-likeness (QED) is 0.755. The summed E-state index contributed by atoms with van der Waals surface area (Å²) in [5.74, 6) is 0.945. The summed E-state index contributed by atoms with van der Waals surface area (Å²) in [6, 6.07) is 6.10. The summed E-state index contributed by atoms with van der Waals surface area (Å²) in [4.78, 5) is 13.9. The molecule has 0 saturated carbocycles. The van der Waals surface area contributed by atoms with Crippen molar-refractivity contribution in [1.29, 1.82) is 0 Å². The highest BCUT2D eigenvalue weighted by Gasteiger charge is 2.28. The lowest BCUT2D eigenvalue weighted by Crippen LogP contribution is -2.36. The fraction of sp³-hybridized carbons (Fsp3) is 0.588. The fourth-order valence-electron chi connectivity index (χ4n) is 2.90. The number of nitrogens with zero attached hydrogens (tertiary/aromatic N) is 1. The van der Waals surface area contributed by atoms with Gasteiger partial charge in [0, 0.05) is 30.3 Å². The molecular formula is C17H25NO3. The van der Waals surface area contributed by atoms with Crippen molar-refractivity contribution in [3.63, 3.8) is 0 Å². The van der Waals surface area contributed by atoms with Crippen LogP contribution >= 0.6 is 0 Å². The zero-order chi connectivity index (χ0) is 15.4. The van der Waals surface area contributed by atoms with E-state index in [0.717, 1.165) is 36.4 Å². The Balaban J connectivity index is 2.19. The zero-order valence-electron chi connectivity index (χ0n) is 13.4. The topological polar surface area (TPSA) is 38.8 Å². The van der Waals surface area contributed by atoms with Gasteiger partial charge >= 0.3 is 0 Å². The first-order valence-electron chi connectivity index (χ1n) is 7.61. The lowest BCUT2D eigenvalue weighted by Gasteiger charge is -2.27. The van der Waals surface area contributed by atoms with Gasteiger partial charge in [0.15, 0.2) is 5.78 Å². The summed E-state index contributed by atoms with van der Waals surface area (Å²) in [7, 11) is 2.10. The Labute approximate surface area is 127 Å². The van der Waals surface area contributed by atoms with E-state index in [1.54, 1.807) is 6.92 Å². The fourth-order valence-corrected chi connectivity index (χ4v) is 2.90. The average Bonchev–Trinajstić information content (AvgIpc) is 2.87. The molecule has 0 spiro atoms. The van der Waals surface area contributed by atoms with Crippen LogP contribution in [0.5, 0.6) is 5.75 Å². The number of likely N-dealkylation sites (N-methyl/N-ethyl adjacent to an activating group) is 1. The maximum absolute atomic E-state index is 11.6. The third-order valence-corrected chi connectivity index (χ3v) is 4.09. The molecule has 1 heterocycles. The van der Waals surface area contributed by atoms with Gasteiger partial charge in [-0.3, -0.25) is 9.69 Å². The molecule has 0 radical (unpaired) electrons. The van der Waals surface area contributed by atoms with Crippen LogP contribution in [0.15, 0.2) is 18.2 Å². The maximum Gasteiger partial charge on any atom is 0.159 e. The largest absolute Gasteiger partial charge is 0.494 e. The van der Waals surface area contributed by atoms with Gasteiger partial charge in [-0.05, 0) is 52.4 Å². The number of hydrogen-bond donors (Lipinski definition) is 0. The number of rotatable bonds is 6. The van der Waals surface area contributed by atoms with Crippen LogP contribution in [0, 0.1) is 0 Å². The number of ether oxygens (including phenoxy) is 2. The molecule has 0 aromatic heterocycles. The van der Waals surface area contributed by atoms with Crippen molar-refractivity contribution in [2.24, 2.45) is 0 Å². The molecule has 0 bridgehead atoms. The van der Waals surface area contributed by atoms with E-state index in [4.69, 9.17) is 9.47 Å². The SMILES string of the molecule is CCOc1ccc(C(C)=O)cc1CN(C)C1CCOC1C. The molecule has 21 heavy (non-hydrogen) atoms. The van der Waals surface area contributed by atoms with Crippen LogP contribution in [-0.2, 0) is 11.3 Å². The lowest BCUT2D eigenvalue weighted by atomic mass is 10.0. The van der Waals surface area contributed by atoms with Crippen molar-refractivity contribution in [2.45, 2.75) is 45.9 Å². The Morgan fingerprint density at radius 1 is 1.48 bits per heavy atom. The zero-order valence-corrected chi connectivity index (χ0v) is 13.4. The van der Waals surface area contributed by atoms with Crippen LogP contribution in [0.2, 0.25) is 0 Å². The van der Waals surface area contributed by atoms with E-state index >= 15 is 0 Å². The second kappa shape index (κ2) is 7.05. The third-order valence-electron chi connectivity index (χ3n) is 4.09. The molecule has 1 aliphatic rings. The van der Waals surface area contributed by atoms with E-state index < -0.39 is 0 Å². The summed E-state index contributed by atoms with van der Waals surface area (Å²) >= 11 is 0. The van der Waals surface area contributed by atoms with E-state index in [1.165, 1.54) is 0 Å². The monoisotopic (exact) mass is 291 g/mol. The molecule has 1 saturated heterocycles. The van der Waals surface area contributed by atoms with Gasteiger partial charge in [0.25, 0.3) is 0 Å². The molecule has 2 atom stereocenters. The molecular weight excluding hydrogens is 266 g/mol. The van der Waals surface area contributed by atoms with Gasteiger partial charge in [-0.2, -0.15) is 0 Å². The first-order chi connectivity index (χ1) is 10.0. The first kappa shape index (κ1) is 16.0. The Hall–Kier alpha value is -1.39. The molecule has 0 N–H and O–H groups in total. The van der Waals surface area contributed by atoms with E-state index in [2.05, 4.69) is 18.9 Å². The van der Waals surface area contributed by atoms with Crippen LogP contribution < -0.4 is 4.74 Å². The molecule has 0 amide bonds. The highest BCUT2D eigenvalue weighted by Crippen LogP contribution is 2.25. The van der Waals surface area contributed by atoms with Gasteiger partial charge in [-0.15, -0.1) is 0 Å². The molecule has 1 aromatic rings. The second-order valence-electron chi connectivity index (χ2n) is 5.66. The smallest absolute Gasteiger partial charge is 0.159 e. The Bertz CT molecular complexity index is 501. The van der Waals surface area contributed by atoms with Crippen molar-refractivity contribution < 1.29 is 14.3 Å². The Morgan fingerprint density at radius 3 is 2.81 bits per heavy atom. The minimum Gasteiger partial charge on any atom is -0.494 e. The number of carbonyl (C=O) groups excluding carboxylic acids is 1. The normalized spacial score (nSPS) is 21.8. The van der Waals surface area contributed by atoms with E-state index in [9.17, 15) is 4.79 Å². The predicted molar refractivity (Wildman–Crippen MR) is 82.9 cm³/mol.